The van der Waals surface area contributed by atoms with E-state index in [0.717, 1.165) is 5.56 Å². The largest absolute Gasteiger partial charge is 0.369 e. The molecule has 0 aliphatic heterocycles. The Morgan fingerprint density at radius 2 is 2.00 bits per heavy atom. The lowest BCUT2D eigenvalue weighted by atomic mass is 9.88. The van der Waals surface area contributed by atoms with Crippen LogP contribution in [0.4, 0.5) is 0 Å². The molecular formula is C12H16N3O2. The van der Waals surface area contributed by atoms with Gasteiger partial charge in [-0.15, -0.1) is 0 Å². The van der Waals surface area contributed by atoms with E-state index >= 15 is 0 Å². The summed E-state index contributed by atoms with van der Waals surface area (Å²) in [5.41, 5.74) is 5.17. The highest BCUT2D eigenvalue weighted by Crippen LogP contribution is 2.17. The van der Waals surface area contributed by atoms with Crippen LogP contribution in [0.2, 0.25) is 0 Å². The molecule has 5 nitrogen and oxygen atoms in total. The van der Waals surface area contributed by atoms with Crippen molar-refractivity contribution in [1.29, 1.82) is 0 Å². The van der Waals surface area contributed by atoms with Gasteiger partial charge in [0.15, 0.2) is 0 Å². The Morgan fingerprint density at radius 1 is 1.41 bits per heavy atom. The van der Waals surface area contributed by atoms with Crippen molar-refractivity contribution in [2.24, 2.45) is 11.1 Å². The van der Waals surface area contributed by atoms with Crippen LogP contribution in [0.15, 0.2) is 24.5 Å². The lowest BCUT2D eigenvalue weighted by Gasteiger charge is -2.18. The summed E-state index contributed by atoms with van der Waals surface area (Å²) in [5, 5.41) is 2.68. The first-order valence-electron chi connectivity index (χ1n) is 5.24. The number of aromatic nitrogens is 1. The third-order valence-electron chi connectivity index (χ3n) is 2.34. The summed E-state index contributed by atoms with van der Waals surface area (Å²) in [7, 11) is 0. The number of pyridine rings is 1. The van der Waals surface area contributed by atoms with Crippen molar-refractivity contribution >= 4 is 11.8 Å². The Kier molecular flexibility index (Phi) is 4.20. The third kappa shape index (κ3) is 4.22. The maximum atomic E-state index is 11.5. The van der Waals surface area contributed by atoms with E-state index in [1.165, 1.54) is 6.42 Å². The smallest absolute Gasteiger partial charge is 0.225 e. The van der Waals surface area contributed by atoms with Gasteiger partial charge in [-0.25, -0.2) is 0 Å². The van der Waals surface area contributed by atoms with Crippen LogP contribution in [-0.2, 0) is 16.1 Å². The number of rotatable bonds is 5. The predicted octanol–water partition coefficient (Wildman–Crippen LogP) is 0.414. The summed E-state index contributed by atoms with van der Waals surface area (Å²) in [6, 6.07) is 3.61. The van der Waals surface area contributed by atoms with Gasteiger partial charge in [-0.05, 0) is 17.7 Å². The first-order chi connectivity index (χ1) is 7.92. The normalized spacial score (nSPS) is 10.9. The van der Waals surface area contributed by atoms with Gasteiger partial charge in [0.1, 0.15) is 0 Å². The molecule has 0 bridgehead atoms. The number of nitrogens with two attached hydrogens (primary N) is 1. The maximum Gasteiger partial charge on any atom is 0.225 e. The van der Waals surface area contributed by atoms with Crippen molar-refractivity contribution < 1.29 is 9.59 Å². The van der Waals surface area contributed by atoms with Gasteiger partial charge in [0, 0.05) is 18.9 Å². The predicted molar refractivity (Wildman–Crippen MR) is 63.4 cm³/mol. The number of hydrogen-bond acceptors (Lipinski definition) is 3. The molecule has 0 spiro atoms. The number of nitrogens with zero attached hydrogens (tertiary/aromatic N) is 1. The minimum absolute atomic E-state index is 0.314. The van der Waals surface area contributed by atoms with E-state index in [4.69, 9.17) is 5.73 Å². The second-order valence-corrected chi connectivity index (χ2v) is 4.30. The fourth-order valence-electron chi connectivity index (χ4n) is 1.14. The van der Waals surface area contributed by atoms with Crippen LogP contribution < -0.4 is 11.1 Å². The van der Waals surface area contributed by atoms with Crippen molar-refractivity contribution in [3.05, 3.63) is 36.5 Å². The molecule has 0 saturated heterocycles. The summed E-state index contributed by atoms with van der Waals surface area (Å²) in [6.07, 6.45) is 4.59. The molecule has 1 rings (SSSR count). The molecule has 1 aromatic rings. The lowest BCUT2D eigenvalue weighted by molar-refractivity contribution is -0.128. The minimum Gasteiger partial charge on any atom is -0.369 e. The Labute approximate surface area is 100 Å². The molecule has 1 radical (unpaired) electrons. The van der Waals surface area contributed by atoms with Crippen molar-refractivity contribution in [3.8, 4) is 0 Å². The summed E-state index contributed by atoms with van der Waals surface area (Å²) >= 11 is 0. The number of primary amides is 1. The van der Waals surface area contributed by atoms with E-state index in [9.17, 15) is 9.59 Å². The fraction of sp³-hybridized carbons (Fsp3) is 0.333. The highest BCUT2D eigenvalue weighted by molar-refractivity contribution is 5.94. The minimum atomic E-state index is -0.942. The molecule has 0 atom stereocenters. The number of amides is 2. The van der Waals surface area contributed by atoms with Crippen LogP contribution >= 0.6 is 0 Å². The molecule has 0 aromatic carbocycles. The van der Waals surface area contributed by atoms with Crippen molar-refractivity contribution in [1.82, 2.24) is 10.3 Å². The summed E-state index contributed by atoms with van der Waals surface area (Å²) in [5.74, 6) is -0.845. The van der Waals surface area contributed by atoms with Crippen LogP contribution in [-0.4, -0.2) is 16.8 Å². The molecule has 0 unspecified atom stereocenters. The van der Waals surface area contributed by atoms with Crippen LogP contribution in [0.1, 0.15) is 19.4 Å². The fourth-order valence-corrected chi connectivity index (χ4v) is 1.14. The molecular weight excluding hydrogens is 218 g/mol. The van der Waals surface area contributed by atoms with Crippen molar-refractivity contribution in [3.63, 3.8) is 0 Å². The van der Waals surface area contributed by atoms with E-state index in [0.29, 0.717) is 6.54 Å². The van der Waals surface area contributed by atoms with Gasteiger partial charge in [-0.2, -0.15) is 0 Å². The van der Waals surface area contributed by atoms with E-state index in [1.807, 2.05) is 0 Å². The van der Waals surface area contributed by atoms with Gasteiger partial charge >= 0.3 is 0 Å². The topological polar surface area (TPSA) is 85.1 Å². The Hall–Kier alpha value is -1.91. The van der Waals surface area contributed by atoms with Gasteiger partial charge in [0.25, 0.3) is 0 Å². The van der Waals surface area contributed by atoms with Crippen LogP contribution in [0.5, 0.6) is 0 Å². The number of carbonyl (C=O) groups excluding carboxylic acids is 2. The van der Waals surface area contributed by atoms with Gasteiger partial charge < -0.3 is 11.1 Å². The van der Waals surface area contributed by atoms with Crippen LogP contribution in [0.3, 0.4) is 0 Å². The SMILES string of the molecule is CC(C)([CH]C(=O)NCc1ccncc1)C(N)=O. The zero-order valence-electron chi connectivity index (χ0n) is 9.93. The monoisotopic (exact) mass is 234 g/mol. The molecule has 1 aromatic heterocycles. The summed E-state index contributed by atoms with van der Waals surface area (Å²) in [4.78, 5) is 26.5. The molecule has 91 valence electrons. The third-order valence-corrected chi connectivity index (χ3v) is 2.34. The van der Waals surface area contributed by atoms with Gasteiger partial charge in [0.05, 0.1) is 11.8 Å². The number of nitrogens with one attached hydrogen (secondary N) is 1. The Morgan fingerprint density at radius 3 is 2.53 bits per heavy atom. The van der Waals surface area contributed by atoms with Crippen molar-refractivity contribution in [2.45, 2.75) is 20.4 Å². The molecule has 0 aliphatic carbocycles. The van der Waals surface area contributed by atoms with E-state index in [2.05, 4.69) is 10.3 Å². The molecule has 1 heterocycles. The second-order valence-electron chi connectivity index (χ2n) is 4.30. The lowest BCUT2D eigenvalue weighted by Crippen LogP contribution is -2.37. The Balaban J connectivity index is 2.44. The van der Waals surface area contributed by atoms with E-state index in [-0.39, 0.29) is 5.91 Å². The molecule has 17 heavy (non-hydrogen) atoms. The van der Waals surface area contributed by atoms with Gasteiger partial charge in [0.2, 0.25) is 11.8 Å². The molecule has 5 heteroatoms. The van der Waals surface area contributed by atoms with Crippen LogP contribution in [0, 0.1) is 11.8 Å². The molecule has 0 saturated carbocycles. The summed E-state index contributed by atoms with van der Waals surface area (Å²) < 4.78 is 0. The average Bonchev–Trinajstić information content (AvgIpc) is 2.27. The molecule has 0 fully saturated rings. The Bertz CT molecular complexity index is 401. The standard InChI is InChI=1S/C12H16N3O2/c1-12(2,11(13)17)7-10(16)15-8-9-3-5-14-6-4-9/h3-7H,8H2,1-2H3,(H2,13,17)(H,15,16). The van der Waals surface area contributed by atoms with Gasteiger partial charge in [-0.3, -0.25) is 14.6 Å². The first kappa shape index (κ1) is 13.2. The highest BCUT2D eigenvalue weighted by atomic mass is 16.2. The highest BCUT2D eigenvalue weighted by Gasteiger charge is 2.28. The molecule has 0 aliphatic rings. The van der Waals surface area contributed by atoms with Crippen LogP contribution in [0.25, 0.3) is 0 Å². The maximum absolute atomic E-state index is 11.5. The molecule has 3 N–H and O–H groups in total. The first-order valence-corrected chi connectivity index (χ1v) is 5.24. The second kappa shape index (κ2) is 5.43. The van der Waals surface area contributed by atoms with E-state index in [1.54, 1.807) is 38.4 Å². The zero-order valence-corrected chi connectivity index (χ0v) is 9.93. The zero-order chi connectivity index (χ0) is 12.9. The number of hydrogen-bond donors (Lipinski definition) is 2. The quantitative estimate of drug-likeness (QED) is 0.774. The molecule has 2 amide bonds. The van der Waals surface area contributed by atoms with Crippen molar-refractivity contribution in [2.75, 3.05) is 0 Å². The average molecular weight is 234 g/mol. The van der Waals surface area contributed by atoms with Gasteiger partial charge in [-0.1, -0.05) is 13.8 Å². The number of carbonyl (C=O) groups is 2. The van der Waals surface area contributed by atoms with E-state index < -0.39 is 11.3 Å². The summed E-state index contributed by atoms with van der Waals surface area (Å²) in [6.45, 7) is 3.59.